The quantitative estimate of drug-likeness (QED) is 0.827. The summed E-state index contributed by atoms with van der Waals surface area (Å²) in [5.41, 5.74) is 0. The molecular weight excluding hydrogens is 268 g/mol. The Hall–Kier alpha value is -0.200. The van der Waals surface area contributed by atoms with Gasteiger partial charge in [-0.25, -0.2) is 0 Å². The zero-order valence-corrected chi connectivity index (χ0v) is 13.3. The molecule has 2 heterocycles. The van der Waals surface area contributed by atoms with Gasteiger partial charge in [0, 0.05) is 38.5 Å². The van der Waals surface area contributed by atoms with Crippen molar-refractivity contribution < 1.29 is 14.2 Å². The number of rotatable bonds is 5. The minimum atomic E-state index is -0.225. The zero-order valence-electron chi connectivity index (χ0n) is 13.3. The van der Waals surface area contributed by atoms with E-state index < -0.39 is 0 Å². The maximum atomic E-state index is 5.79. The molecular formula is C16H30N2O3. The molecule has 1 spiro atoms. The van der Waals surface area contributed by atoms with E-state index in [1.165, 1.54) is 19.4 Å². The van der Waals surface area contributed by atoms with E-state index in [4.69, 9.17) is 14.2 Å². The summed E-state index contributed by atoms with van der Waals surface area (Å²) in [6, 6.07) is 0.635. The van der Waals surface area contributed by atoms with Crippen LogP contribution in [0.4, 0.5) is 0 Å². The van der Waals surface area contributed by atoms with Crippen molar-refractivity contribution in [3.8, 4) is 0 Å². The van der Waals surface area contributed by atoms with Crippen LogP contribution < -0.4 is 5.32 Å². The van der Waals surface area contributed by atoms with E-state index in [0.717, 1.165) is 58.9 Å². The van der Waals surface area contributed by atoms with E-state index in [-0.39, 0.29) is 5.79 Å². The van der Waals surface area contributed by atoms with Crippen molar-refractivity contribution in [1.82, 2.24) is 10.2 Å². The van der Waals surface area contributed by atoms with Crippen LogP contribution in [0.2, 0.25) is 0 Å². The first-order chi connectivity index (χ1) is 10.3. The predicted molar refractivity (Wildman–Crippen MR) is 81.3 cm³/mol. The Morgan fingerprint density at radius 3 is 2.43 bits per heavy atom. The summed E-state index contributed by atoms with van der Waals surface area (Å²) < 4.78 is 17.0. The fraction of sp³-hybridized carbons (Fsp3) is 1.00. The van der Waals surface area contributed by atoms with Gasteiger partial charge in [-0.15, -0.1) is 0 Å². The van der Waals surface area contributed by atoms with Crippen LogP contribution in [0.5, 0.6) is 0 Å². The minimum Gasteiger partial charge on any atom is -0.379 e. The molecule has 0 unspecified atom stereocenters. The number of hydrogen-bond acceptors (Lipinski definition) is 5. The zero-order chi connectivity index (χ0) is 14.5. The van der Waals surface area contributed by atoms with E-state index in [1.807, 2.05) is 0 Å². The summed E-state index contributed by atoms with van der Waals surface area (Å²) in [7, 11) is 0. The van der Waals surface area contributed by atoms with Gasteiger partial charge in [0.2, 0.25) is 0 Å². The van der Waals surface area contributed by atoms with Gasteiger partial charge < -0.3 is 19.5 Å². The average molecular weight is 298 g/mol. The molecule has 5 heteroatoms. The van der Waals surface area contributed by atoms with Gasteiger partial charge in [0.05, 0.1) is 26.4 Å². The summed E-state index contributed by atoms with van der Waals surface area (Å²) in [6.45, 7) is 10.1. The largest absolute Gasteiger partial charge is 0.379 e. The van der Waals surface area contributed by atoms with Gasteiger partial charge in [-0.05, 0) is 25.3 Å². The van der Waals surface area contributed by atoms with Gasteiger partial charge in [0.25, 0.3) is 0 Å². The predicted octanol–water partition coefficient (Wildman–Crippen LogP) is 1.23. The molecule has 5 nitrogen and oxygen atoms in total. The molecule has 1 N–H and O–H groups in total. The first kappa shape index (κ1) is 15.7. The van der Waals surface area contributed by atoms with Crippen molar-refractivity contribution in [1.29, 1.82) is 0 Å². The van der Waals surface area contributed by atoms with E-state index in [9.17, 15) is 0 Å². The molecule has 3 fully saturated rings. The highest BCUT2D eigenvalue weighted by molar-refractivity contribution is 4.85. The van der Waals surface area contributed by atoms with E-state index >= 15 is 0 Å². The normalized spacial score (nSPS) is 29.0. The molecule has 0 bridgehead atoms. The number of hydrogen-bond donors (Lipinski definition) is 1. The summed E-state index contributed by atoms with van der Waals surface area (Å²) in [5, 5.41) is 3.75. The fourth-order valence-corrected chi connectivity index (χ4v) is 3.70. The molecule has 0 aromatic carbocycles. The molecule has 2 aliphatic heterocycles. The average Bonchev–Trinajstić information content (AvgIpc) is 2.96. The second-order valence-corrected chi connectivity index (χ2v) is 6.81. The molecule has 1 atom stereocenters. The van der Waals surface area contributed by atoms with Gasteiger partial charge in [0.1, 0.15) is 0 Å². The SMILES string of the molecule is C[C@@H](CNC1CCC2(CC1)OCCO2)CN1CCOCC1. The summed E-state index contributed by atoms with van der Waals surface area (Å²) in [6.07, 6.45) is 4.43. The highest BCUT2D eigenvalue weighted by atomic mass is 16.7. The molecule has 0 radical (unpaired) electrons. The number of ether oxygens (including phenoxy) is 3. The second-order valence-electron chi connectivity index (χ2n) is 6.81. The Kier molecular flexibility index (Phi) is 5.51. The molecule has 1 aliphatic carbocycles. The Bertz CT molecular complexity index is 305. The smallest absolute Gasteiger partial charge is 0.168 e. The van der Waals surface area contributed by atoms with Crippen LogP contribution in [0.1, 0.15) is 32.6 Å². The third-order valence-corrected chi connectivity index (χ3v) is 4.99. The first-order valence-corrected chi connectivity index (χ1v) is 8.57. The van der Waals surface area contributed by atoms with Crippen LogP contribution in [-0.2, 0) is 14.2 Å². The van der Waals surface area contributed by atoms with Crippen molar-refractivity contribution >= 4 is 0 Å². The number of nitrogens with zero attached hydrogens (tertiary/aromatic N) is 1. The standard InChI is InChI=1S/C16H30N2O3/c1-14(13-18-6-8-19-9-7-18)12-17-15-2-4-16(5-3-15)20-10-11-21-16/h14-15,17H,2-13H2,1H3/t14-/m0/s1. The summed E-state index contributed by atoms with van der Waals surface area (Å²) in [5.74, 6) is 0.468. The molecule has 1 saturated carbocycles. The molecule has 0 aromatic heterocycles. The molecule has 0 aromatic rings. The monoisotopic (exact) mass is 298 g/mol. The van der Waals surface area contributed by atoms with Crippen molar-refractivity contribution in [3.05, 3.63) is 0 Å². The molecule has 2 saturated heterocycles. The maximum Gasteiger partial charge on any atom is 0.168 e. The van der Waals surface area contributed by atoms with Crippen molar-refractivity contribution in [2.45, 2.75) is 44.4 Å². The Morgan fingerprint density at radius 2 is 1.76 bits per heavy atom. The lowest BCUT2D eigenvalue weighted by atomic mass is 9.90. The highest BCUT2D eigenvalue weighted by Gasteiger charge is 2.40. The minimum absolute atomic E-state index is 0.225. The van der Waals surface area contributed by atoms with E-state index in [2.05, 4.69) is 17.1 Å². The molecule has 3 aliphatic rings. The maximum absolute atomic E-state index is 5.79. The van der Waals surface area contributed by atoms with Gasteiger partial charge >= 0.3 is 0 Å². The number of morpholine rings is 1. The Labute approximate surface area is 128 Å². The lowest BCUT2D eigenvalue weighted by Gasteiger charge is -2.36. The van der Waals surface area contributed by atoms with Crippen LogP contribution in [-0.4, -0.2) is 69.3 Å². The van der Waals surface area contributed by atoms with Crippen molar-refractivity contribution in [2.24, 2.45) is 5.92 Å². The fourth-order valence-electron chi connectivity index (χ4n) is 3.70. The molecule has 0 amide bonds. The van der Waals surface area contributed by atoms with E-state index in [0.29, 0.717) is 12.0 Å². The Morgan fingerprint density at radius 1 is 1.10 bits per heavy atom. The van der Waals surface area contributed by atoms with Gasteiger partial charge in [0.15, 0.2) is 5.79 Å². The first-order valence-electron chi connectivity index (χ1n) is 8.57. The van der Waals surface area contributed by atoms with Crippen molar-refractivity contribution in [2.75, 3.05) is 52.6 Å². The summed E-state index contributed by atoms with van der Waals surface area (Å²) >= 11 is 0. The van der Waals surface area contributed by atoms with Crippen LogP contribution >= 0.6 is 0 Å². The van der Waals surface area contributed by atoms with Crippen LogP contribution in [0, 0.1) is 5.92 Å². The van der Waals surface area contributed by atoms with E-state index in [1.54, 1.807) is 0 Å². The van der Waals surface area contributed by atoms with Crippen LogP contribution in [0.25, 0.3) is 0 Å². The summed E-state index contributed by atoms with van der Waals surface area (Å²) in [4.78, 5) is 2.52. The number of nitrogens with one attached hydrogen (secondary N) is 1. The van der Waals surface area contributed by atoms with Crippen molar-refractivity contribution in [3.63, 3.8) is 0 Å². The third kappa shape index (κ3) is 4.39. The van der Waals surface area contributed by atoms with Gasteiger partial charge in [-0.1, -0.05) is 6.92 Å². The highest BCUT2D eigenvalue weighted by Crippen LogP contribution is 2.35. The topological polar surface area (TPSA) is 43.0 Å². The van der Waals surface area contributed by atoms with Crippen LogP contribution in [0.3, 0.4) is 0 Å². The molecule has 3 rings (SSSR count). The van der Waals surface area contributed by atoms with Crippen LogP contribution in [0.15, 0.2) is 0 Å². The molecule has 21 heavy (non-hydrogen) atoms. The van der Waals surface area contributed by atoms with Gasteiger partial charge in [-0.2, -0.15) is 0 Å². The Balaban J connectivity index is 1.32. The molecule has 122 valence electrons. The third-order valence-electron chi connectivity index (χ3n) is 4.99. The second kappa shape index (κ2) is 7.38. The lowest BCUT2D eigenvalue weighted by Crippen LogP contribution is -2.45. The van der Waals surface area contributed by atoms with Gasteiger partial charge in [-0.3, -0.25) is 4.90 Å². The lowest BCUT2D eigenvalue weighted by molar-refractivity contribution is -0.179.